The molecule has 0 spiro atoms. The molecule has 3 aromatic rings. The van der Waals surface area contributed by atoms with Gasteiger partial charge in [0.1, 0.15) is 5.75 Å². The number of aromatic nitrogens is 1. The van der Waals surface area contributed by atoms with Gasteiger partial charge in [-0.3, -0.25) is 4.79 Å². The van der Waals surface area contributed by atoms with Crippen LogP contribution >= 0.6 is 11.3 Å². The number of nitrogens with zero attached hydrogens (tertiary/aromatic N) is 1. The Kier molecular flexibility index (Phi) is 5.27. The smallest absolute Gasteiger partial charge is 0.338 e. The van der Waals surface area contributed by atoms with Crippen LogP contribution < -0.4 is 15.8 Å². The molecule has 0 radical (unpaired) electrons. The topological polar surface area (TPSA) is 104 Å². The summed E-state index contributed by atoms with van der Waals surface area (Å²) in [7, 11) is 1.52. The number of benzene rings is 2. The van der Waals surface area contributed by atoms with Crippen molar-refractivity contribution in [2.24, 2.45) is 0 Å². The van der Waals surface area contributed by atoms with Crippen LogP contribution in [-0.2, 0) is 9.53 Å². The average Bonchev–Trinajstić information content (AvgIpc) is 3.00. The number of thiazole rings is 1. The Labute approximate surface area is 160 Å². The van der Waals surface area contributed by atoms with Gasteiger partial charge >= 0.3 is 5.97 Å². The van der Waals surface area contributed by atoms with Crippen molar-refractivity contribution in [2.75, 3.05) is 18.2 Å². The van der Waals surface area contributed by atoms with Crippen LogP contribution in [0.3, 0.4) is 0 Å². The van der Waals surface area contributed by atoms with E-state index in [9.17, 15) is 9.59 Å². The number of nitrogens with one attached hydrogen (secondary N) is 1. The van der Waals surface area contributed by atoms with Gasteiger partial charge in [-0.2, -0.15) is 0 Å². The maximum absolute atomic E-state index is 12.4. The largest absolute Gasteiger partial charge is 0.495 e. The molecule has 1 unspecified atom stereocenters. The molecule has 1 atom stereocenters. The second-order valence-electron chi connectivity index (χ2n) is 5.98. The van der Waals surface area contributed by atoms with Gasteiger partial charge in [0.15, 0.2) is 11.2 Å². The van der Waals surface area contributed by atoms with Crippen LogP contribution in [0.25, 0.3) is 10.2 Å². The minimum atomic E-state index is -0.982. The van der Waals surface area contributed by atoms with Gasteiger partial charge in [0.05, 0.1) is 28.6 Å². The van der Waals surface area contributed by atoms with E-state index < -0.39 is 18.0 Å². The first-order valence-electron chi connectivity index (χ1n) is 8.20. The molecule has 1 aromatic heterocycles. The van der Waals surface area contributed by atoms with Crippen molar-refractivity contribution in [3.05, 3.63) is 47.5 Å². The number of aryl methyl sites for hydroxylation is 1. The average molecular weight is 385 g/mol. The first-order valence-corrected chi connectivity index (χ1v) is 9.01. The van der Waals surface area contributed by atoms with E-state index in [1.807, 2.05) is 13.0 Å². The third-order valence-electron chi connectivity index (χ3n) is 3.91. The first-order chi connectivity index (χ1) is 12.9. The molecule has 1 amide bonds. The molecule has 0 aliphatic heterocycles. The van der Waals surface area contributed by atoms with Crippen molar-refractivity contribution in [1.82, 2.24) is 4.98 Å². The van der Waals surface area contributed by atoms with Gasteiger partial charge < -0.3 is 20.5 Å². The summed E-state index contributed by atoms with van der Waals surface area (Å²) in [5.41, 5.74) is 8.21. The van der Waals surface area contributed by atoms with Crippen molar-refractivity contribution in [3.63, 3.8) is 0 Å². The molecule has 140 valence electrons. The molecular formula is C19H19N3O4S. The summed E-state index contributed by atoms with van der Waals surface area (Å²) >= 11 is 1.28. The summed E-state index contributed by atoms with van der Waals surface area (Å²) in [6.45, 7) is 3.42. The lowest BCUT2D eigenvalue weighted by atomic mass is 10.2. The second-order valence-corrected chi connectivity index (χ2v) is 7.04. The van der Waals surface area contributed by atoms with Crippen molar-refractivity contribution < 1.29 is 19.1 Å². The van der Waals surface area contributed by atoms with Gasteiger partial charge in [0.25, 0.3) is 5.91 Å². The Balaban J connectivity index is 1.69. The molecule has 0 bridgehead atoms. The molecule has 0 fully saturated rings. The molecule has 0 aliphatic carbocycles. The van der Waals surface area contributed by atoms with E-state index in [4.69, 9.17) is 15.2 Å². The number of nitrogen functional groups attached to an aromatic ring is 1. The number of amides is 1. The lowest BCUT2D eigenvalue weighted by Gasteiger charge is -2.15. The number of nitrogens with two attached hydrogens (primary N) is 1. The number of rotatable bonds is 5. The van der Waals surface area contributed by atoms with E-state index in [1.54, 1.807) is 30.3 Å². The van der Waals surface area contributed by atoms with Crippen LogP contribution in [0.1, 0.15) is 22.8 Å². The maximum atomic E-state index is 12.4. The van der Waals surface area contributed by atoms with Gasteiger partial charge in [-0.25, -0.2) is 9.78 Å². The van der Waals surface area contributed by atoms with Gasteiger partial charge in [-0.05, 0) is 49.7 Å². The molecule has 27 heavy (non-hydrogen) atoms. The van der Waals surface area contributed by atoms with Crippen molar-refractivity contribution in [1.29, 1.82) is 0 Å². The van der Waals surface area contributed by atoms with Crippen molar-refractivity contribution in [2.45, 2.75) is 20.0 Å². The van der Waals surface area contributed by atoms with Gasteiger partial charge in [0, 0.05) is 0 Å². The van der Waals surface area contributed by atoms with E-state index in [0.717, 1.165) is 10.3 Å². The summed E-state index contributed by atoms with van der Waals surface area (Å²) in [6.07, 6.45) is -0.982. The van der Waals surface area contributed by atoms with Crippen LogP contribution in [0, 0.1) is 6.92 Å². The number of hydrogen-bond acceptors (Lipinski definition) is 7. The summed E-state index contributed by atoms with van der Waals surface area (Å²) in [4.78, 5) is 28.9. The number of anilines is 2. The lowest BCUT2D eigenvalue weighted by molar-refractivity contribution is -0.123. The van der Waals surface area contributed by atoms with Crippen LogP contribution in [0.2, 0.25) is 0 Å². The van der Waals surface area contributed by atoms with Crippen molar-refractivity contribution in [3.8, 4) is 5.75 Å². The Morgan fingerprint density at radius 1 is 1.22 bits per heavy atom. The highest BCUT2D eigenvalue weighted by atomic mass is 32.1. The molecule has 0 saturated carbocycles. The molecule has 8 heteroatoms. The quantitative estimate of drug-likeness (QED) is 0.653. The number of esters is 1. The van der Waals surface area contributed by atoms with E-state index in [1.165, 1.54) is 25.4 Å². The van der Waals surface area contributed by atoms with E-state index >= 15 is 0 Å². The molecular weight excluding hydrogens is 366 g/mol. The highest BCUT2D eigenvalue weighted by Crippen LogP contribution is 2.26. The summed E-state index contributed by atoms with van der Waals surface area (Å²) < 4.78 is 11.3. The number of carbonyl (C=O) groups excluding carboxylic acids is 2. The van der Waals surface area contributed by atoms with Gasteiger partial charge in [-0.1, -0.05) is 17.4 Å². The number of methoxy groups -OCH3 is 1. The van der Waals surface area contributed by atoms with E-state index in [0.29, 0.717) is 27.6 Å². The lowest BCUT2D eigenvalue weighted by Crippen LogP contribution is -2.30. The highest BCUT2D eigenvalue weighted by molar-refractivity contribution is 7.22. The fraction of sp³-hybridized carbons (Fsp3) is 0.211. The minimum Gasteiger partial charge on any atom is -0.495 e. The van der Waals surface area contributed by atoms with E-state index in [-0.39, 0.29) is 0 Å². The highest BCUT2D eigenvalue weighted by Gasteiger charge is 2.20. The van der Waals surface area contributed by atoms with Gasteiger partial charge in [-0.15, -0.1) is 0 Å². The van der Waals surface area contributed by atoms with Crippen molar-refractivity contribution >= 4 is 44.2 Å². The standard InChI is InChI=1S/C19H19N3O4S/c1-10-4-7-15(25-3)14(8-10)21-17(23)11(2)26-18(24)12-5-6-13-16(9-12)27-19(20)22-13/h4-9,11H,1-3H3,(H2,20,22)(H,21,23). The molecule has 0 saturated heterocycles. The molecule has 7 nitrogen and oxygen atoms in total. The molecule has 1 heterocycles. The molecule has 3 N–H and O–H groups in total. The van der Waals surface area contributed by atoms with E-state index in [2.05, 4.69) is 10.3 Å². The Morgan fingerprint density at radius 2 is 2.00 bits per heavy atom. The van der Waals surface area contributed by atoms with Crippen LogP contribution in [0.5, 0.6) is 5.75 Å². The second kappa shape index (κ2) is 7.63. The normalized spacial score (nSPS) is 11.8. The van der Waals surface area contributed by atoms with Gasteiger partial charge in [0.2, 0.25) is 0 Å². The number of ether oxygens (including phenoxy) is 2. The maximum Gasteiger partial charge on any atom is 0.338 e. The molecule has 0 aliphatic rings. The predicted molar refractivity (Wildman–Crippen MR) is 105 cm³/mol. The summed E-state index contributed by atoms with van der Waals surface area (Å²) in [5.74, 6) is -0.515. The SMILES string of the molecule is COc1ccc(C)cc1NC(=O)C(C)OC(=O)c1ccc2nc(N)sc2c1. The molecule has 3 rings (SSSR count). The minimum absolute atomic E-state index is 0.332. The first kappa shape index (κ1) is 18.7. The zero-order chi connectivity index (χ0) is 19.6. The zero-order valence-corrected chi connectivity index (χ0v) is 15.9. The molecule has 2 aromatic carbocycles. The fourth-order valence-electron chi connectivity index (χ4n) is 2.51. The zero-order valence-electron chi connectivity index (χ0n) is 15.1. The Bertz CT molecular complexity index is 1020. The third-order valence-corrected chi connectivity index (χ3v) is 4.75. The van der Waals surface area contributed by atoms with Crippen LogP contribution in [-0.4, -0.2) is 30.1 Å². The van der Waals surface area contributed by atoms with Crippen LogP contribution in [0.4, 0.5) is 10.8 Å². The number of hydrogen-bond donors (Lipinski definition) is 2. The summed E-state index contributed by atoms with van der Waals surface area (Å²) in [6, 6.07) is 10.4. The number of carbonyl (C=O) groups is 2. The predicted octanol–water partition coefficient (Wildman–Crippen LogP) is 3.38. The Morgan fingerprint density at radius 3 is 2.74 bits per heavy atom. The summed E-state index contributed by atoms with van der Waals surface area (Å²) in [5, 5.41) is 3.15. The third kappa shape index (κ3) is 4.17. The van der Waals surface area contributed by atoms with Crippen LogP contribution in [0.15, 0.2) is 36.4 Å². The Hall–Kier alpha value is -3.13. The fourth-order valence-corrected chi connectivity index (χ4v) is 3.28. The monoisotopic (exact) mass is 385 g/mol. The number of fused-ring (bicyclic) bond motifs is 1.